The van der Waals surface area contributed by atoms with Crippen LogP contribution in [0.1, 0.15) is 54.9 Å². The molecule has 3 heteroatoms. The lowest BCUT2D eigenvalue weighted by molar-refractivity contribution is -0.155. The number of hydrogen-bond donors (Lipinski definition) is 0. The molecule has 0 amide bonds. The largest absolute Gasteiger partial charge is 0.460 e. The van der Waals surface area contributed by atoms with Gasteiger partial charge in [0.25, 0.3) is 0 Å². The normalized spacial score (nSPS) is 14.9. The Morgan fingerprint density at radius 2 is 1.65 bits per heavy atom. The predicted molar refractivity (Wildman–Crippen MR) is 72.0 cm³/mol. The Morgan fingerprint density at radius 1 is 1.18 bits per heavy atom. The molecule has 17 heavy (non-hydrogen) atoms. The minimum atomic E-state index is -0.384. The molecule has 0 aliphatic rings. The molecule has 3 nitrogen and oxygen atoms in total. The lowest BCUT2D eigenvalue weighted by Crippen LogP contribution is -2.40. The highest BCUT2D eigenvalue weighted by molar-refractivity contribution is 5.70. The average Bonchev–Trinajstić information content (AvgIpc) is 2.08. The van der Waals surface area contributed by atoms with E-state index in [0.29, 0.717) is 12.5 Å². The quantitative estimate of drug-likeness (QED) is 0.711. The van der Waals surface area contributed by atoms with Gasteiger partial charge >= 0.3 is 5.97 Å². The van der Waals surface area contributed by atoms with Crippen LogP contribution >= 0.6 is 0 Å². The van der Waals surface area contributed by atoms with E-state index in [1.54, 1.807) is 0 Å². The van der Waals surface area contributed by atoms with E-state index in [1.165, 1.54) is 0 Å². The molecule has 0 radical (unpaired) electrons. The Hall–Kier alpha value is -0.570. The van der Waals surface area contributed by atoms with Gasteiger partial charge in [-0.15, -0.1) is 0 Å². The van der Waals surface area contributed by atoms with Gasteiger partial charge in [-0.2, -0.15) is 0 Å². The summed E-state index contributed by atoms with van der Waals surface area (Å²) in [7, 11) is 2.06. The minimum Gasteiger partial charge on any atom is -0.460 e. The van der Waals surface area contributed by atoms with Crippen molar-refractivity contribution in [3.8, 4) is 0 Å². The Morgan fingerprint density at radius 3 is 2.00 bits per heavy atom. The first-order chi connectivity index (χ1) is 7.43. The first-order valence-electron chi connectivity index (χ1n) is 6.35. The van der Waals surface area contributed by atoms with Crippen molar-refractivity contribution in [1.82, 2.24) is 4.90 Å². The van der Waals surface area contributed by atoms with Crippen molar-refractivity contribution < 1.29 is 9.53 Å². The molecule has 0 aromatic rings. The summed E-state index contributed by atoms with van der Waals surface area (Å²) < 4.78 is 5.29. The first kappa shape index (κ1) is 16.4. The van der Waals surface area contributed by atoms with Crippen LogP contribution in [0.25, 0.3) is 0 Å². The number of rotatable bonds is 4. The lowest BCUT2D eigenvalue weighted by atomic mass is 9.87. The highest BCUT2D eigenvalue weighted by atomic mass is 16.6. The fourth-order valence-corrected chi connectivity index (χ4v) is 1.51. The second-order valence-corrected chi connectivity index (χ2v) is 6.86. The number of carbonyl (C=O) groups is 1. The average molecular weight is 243 g/mol. The number of esters is 1. The molecule has 0 aromatic heterocycles. The number of hydrogen-bond acceptors (Lipinski definition) is 3. The molecule has 102 valence electrons. The maximum Gasteiger partial charge on any atom is 0.307 e. The number of carbonyl (C=O) groups excluding carboxylic acids is 1. The Labute approximate surface area is 107 Å². The van der Waals surface area contributed by atoms with Gasteiger partial charge in [0, 0.05) is 12.6 Å². The summed E-state index contributed by atoms with van der Waals surface area (Å²) in [5.74, 6) is -0.120. The smallest absolute Gasteiger partial charge is 0.307 e. The molecule has 0 N–H and O–H groups in total. The summed E-state index contributed by atoms with van der Waals surface area (Å²) in [4.78, 5) is 13.8. The fraction of sp³-hybridized carbons (Fsp3) is 0.929. The van der Waals surface area contributed by atoms with Crippen LogP contribution in [0.4, 0.5) is 0 Å². The Bertz CT molecular complexity index is 248. The van der Waals surface area contributed by atoms with Gasteiger partial charge < -0.3 is 9.64 Å². The Balaban J connectivity index is 4.09. The number of nitrogens with zero attached hydrogens (tertiary/aromatic N) is 1. The molecule has 1 unspecified atom stereocenters. The summed E-state index contributed by atoms with van der Waals surface area (Å²) >= 11 is 0. The zero-order chi connectivity index (χ0) is 13.9. The van der Waals surface area contributed by atoms with Gasteiger partial charge in [-0.1, -0.05) is 20.8 Å². The third-order valence-corrected chi connectivity index (χ3v) is 3.00. The second kappa shape index (κ2) is 5.85. The highest BCUT2D eigenvalue weighted by Gasteiger charge is 2.24. The van der Waals surface area contributed by atoms with E-state index in [1.807, 2.05) is 20.8 Å². The maximum atomic E-state index is 11.6. The van der Waals surface area contributed by atoms with Gasteiger partial charge in [0.2, 0.25) is 0 Å². The van der Waals surface area contributed by atoms with Crippen molar-refractivity contribution in [2.24, 2.45) is 5.41 Å². The minimum absolute atomic E-state index is 0.120. The SMILES string of the molecule is CC(N(C)CCC(=O)OC(C)(C)C)C(C)(C)C. The standard InChI is InChI=1S/C14H29NO2/c1-11(13(2,3)4)15(8)10-9-12(16)17-14(5,6)7/h11H,9-10H2,1-8H3. The lowest BCUT2D eigenvalue weighted by Gasteiger charge is -2.35. The van der Waals surface area contributed by atoms with Crippen molar-refractivity contribution in [3.63, 3.8) is 0 Å². The molecule has 0 aliphatic heterocycles. The molecule has 0 aromatic carbocycles. The van der Waals surface area contributed by atoms with E-state index >= 15 is 0 Å². The molecule has 0 saturated carbocycles. The van der Waals surface area contributed by atoms with Crippen LogP contribution in [-0.2, 0) is 9.53 Å². The molecule has 0 spiro atoms. The monoisotopic (exact) mass is 243 g/mol. The van der Waals surface area contributed by atoms with E-state index < -0.39 is 0 Å². The molecule has 0 heterocycles. The topological polar surface area (TPSA) is 29.5 Å². The summed E-state index contributed by atoms with van der Waals surface area (Å²) in [5, 5.41) is 0. The molecular weight excluding hydrogens is 214 g/mol. The molecular formula is C14H29NO2. The third-order valence-electron chi connectivity index (χ3n) is 3.00. The van der Waals surface area contributed by atoms with E-state index in [2.05, 4.69) is 39.6 Å². The maximum absolute atomic E-state index is 11.6. The van der Waals surface area contributed by atoms with Gasteiger partial charge in [-0.3, -0.25) is 4.79 Å². The van der Waals surface area contributed by atoms with Gasteiger partial charge in [0.1, 0.15) is 5.60 Å². The zero-order valence-electron chi connectivity index (χ0n) is 12.8. The van der Waals surface area contributed by atoms with Crippen molar-refractivity contribution in [3.05, 3.63) is 0 Å². The van der Waals surface area contributed by atoms with Gasteiger partial charge in [-0.05, 0) is 40.2 Å². The zero-order valence-corrected chi connectivity index (χ0v) is 12.8. The third kappa shape index (κ3) is 7.37. The molecule has 0 aliphatic carbocycles. The summed E-state index contributed by atoms with van der Waals surface area (Å²) in [6.07, 6.45) is 0.453. The van der Waals surface area contributed by atoms with E-state index in [0.717, 1.165) is 6.54 Å². The van der Waals surface area contributed by atoms with Crippen LogP contribution in [-0.4, -0.2) is 36.1 Å². The van der Waals surface area contributed by atoms with E-state index in [4.69, 9.17) is 4.74 Å². The predicted octanol–water partition coefficient (Wildman–Crippen LogP) is 3.08. The highest BCUT2D eigenvalue weighted by Crippen LogP contribution is 2.23. The van der Waals surface area contributed by atoms with Crippen LogP contribution in [0.2, 0.25) is 0 Å². The van der Waals surface area contributed by atoms with Crippen LogP contribution in [0, 0.1) is 5.41 Å². The molecule has 0 bridgehead atoms. The first-order valence-corrected chi connectivity index (χ1v) is 6.35. The summed E-state index contributed by atoms with van der Waals surface area (Å²) in [5.41, 5.74) is -0.159. The van der Waals surface area contributed by atoms with Crippen LogP contribution in [0.3, 0.4) is 0 Å². The van der Waals surface area contributed by atoms with Crippen LogP contribution in [0.5, 0.6) is 0 Å². The van der Waals surface area contributed by atoms with Gasteiger partial charge in [0.05, 0.1) is 6.42 Å². The molecule has 0 rings (SSSR count). The second-order valence-electron chi connectivity index (χ2n) is 6.86. The van der Waals surface area contributed by atoms with Crippen molar-refractivity contribution in [1.29, 1.82) is 0 Å². The van der Waals surface area contributed by atoms with Crippen molar-refractivity contribution >= 4 is 5.97 Å². The van der Waals surface area contributed by atoms with Gasteiger partial charge in [-0.25, -0.2) is 0 Å². The number of ether oxygens (including phenoxy) is 1. The van der Waals surface area contributed by atoms with Crippen LogP contribution in [0.15, 0.2) is 0 Å². The van der Waals surface area contributed by atoms with E-state index in [9.17, 15) is 4.79 Å². The van der Waals surface area contributed by atoms with Gasteiger partial charge in [0.15, 0.2) is 0 Å². The summed E-state index contributed by atoms with van der Waals surface area (Å²) in [6, 6.07) is 0.435. The molecule has 1 atom stereocenters. The van der Waals surface area contributed by atoms with E-state index in [-0.39, 0.29) is 17.0 Å². The van der Waals surface area contributed by atoms with Crippen molar-refractivity contribution in [2.45, 2.75) is 66.5 Å². The van der Waals surface area contributed by atoms with Crippen molar-refractivity contribution in [2.75, 3.05) is 13.6 Å². The molecule has 0 saturated heterocycles. The fourth-order valence-electron chi connectivity index (χ4n) is 1.51. The summed E-state index contributed by atoms with van der Waals surface area (Å²) in [6.45, 7) is 15.2. The molecule has 0 fully saturated rings. The van der Waals surface area contributed by atoms with Crippen LogP contribution < -0.4 is 0 Å². The Kier molecular flexibility index (Phi) is 5.66.